The molecule has 3 aromatic rings. The van der Waals surface area contributed by atoms with E-state index in [4.69, 9.17) is 4.98 Å². The number of halogens is 2. The van der Waals surface area contributed by atoms with Crippen molar-refractivity contribution in [3.05, 3.63) is 41.5 Å². The molecule has 4 aliphatic rings. The first-order valence-corrected chi connectivity index (χ1v) is 12.0. The number of aromatic nitrogens is 3. The first-order valence-electron chi connectivity index (χ1n) is 12.0. The second-order valence-electron chi connectivity index (χ2n) is 9.67. The molecule has 3 heterocycles. The highest BCUT2D eigenvalue weighted by Crippen LogP contribution is 2.48. The second-order valence-corrected chi connectivity index (χ2v) is 9.67. The number of hydrogen-bond acceptors (Lipinski definition) is 5. The van der Waals surface area contributed by atoms with Gasteiger partial charge in [0.1, 0.15) is 23.4 Å². The van der Waals surface area contributed by atoms with E-state index >= 15 is 0 Å². The van der Waals surface area contributed by atoms with E-state index in [-0.39, 0.29) is 12.0 Å². The van der Waals surface area contributed by atoms with Gasteiger partial charge in [-0.2, -0.15) is 5.26 Å². The van der Waals surface area contributed by atoms with Crippen LogP contribution in [0.4, 0.5) is 14.6 Å². The van der Waals surface area contributed by atoms with E-state index in [1.807, 2.05) is 6.07 Å². The predicted octanol–water partition coefficient (Wildman–Crippen LogP) is 5.40. The molecule has 182 valence electrons. The van der Waals surface area contributed by atoms with Crippen LogP contribution in [0.5, 0.6) is 0 Å². The molecule has 0 aromatic carbocycles. The lowest BCUT2D eigenvalue weighted by molar-refractivity contribution is -0.148. The first kappa shape index (κ1) is 23.2. The van der Waals surface area contributed by atoms with E-state index in [0.29, 0.717) is 52.7 Å². The van der Waals surface area contributed by atoms with Crippen molar-refractivity contribution >= 4 is 22.8 Å². The number of carbonyl (C=O) groups is 1. The monoisotopic (exact) mass is 479 g/mol. The Kier molecular flexibility index (Phi) is 6.13. The molecule has 2 bridgehead atoms. The molecule has 4 fully saturated rings. The number of rotatable bonds is 5. The minimum Gasteiger partial charge on any atom is -0.481 e. The summed E-state index contributed by atoms with van der Waals surface area (Å²) in [7, 11) is 0.500. The van der Waals surface area contributed by atoms with Gasteiger partial charge in [0.25, 0.3) is 0 Å². The lowest BCUT2D eigenvalue weighted by atomic mass is 9.61. The fourth-order valence-electron chi connectivity index (χ4n) is 6.02. The fraction of sp³-hybridized carbons (Fsp3) is 0.462. The Balaban J connectivity index is 0.00000124. The SMILES string of the molecule is CF.N#Cc1c(C2CC2)cc(NC2C3CCC(CC3)C2C(=O)O)nc1-c1c[nH]c2ncc(F)cc12. The topological polar surface area (TPSA) is 115 Å². The van der Waals surface area contributed by atoms with E-state index in [0.717, 1.165) is 50.3 Å². The van der Waals surface area contributed by atoms with Crippen LogP contribution in [0.2, 0.25) is 0 Å². The van der Waals surface area contributed by atoms with Crippen LogP contribution in [-0.4, -0.2) is 39.2 Å². The summed E-state index contributed by atoms with van der Waals surface area (Å²) in [6.07, 6.45) is 8.86. The maximum atomic E-state index is 14.0. The second kappa shape index (κ2) is 9.25. The molecule has 2 unspecified atom stereocenters. The van der Waals surface area contributed by atoms with Crippen LogP contribution in [0.1, 0.15) is 55.6 Å². The molecule has 0 amide bonds. The first-order chi connectivity index (χ1) is 17.0. The molecule has 2 atom stereocenters. The largest absolute Gasteiger partial charge is 0.481 e. The summed E-state index contributed by atoms with van der Waals surface area (Å²) in [6, 6.07) is 5.47. The van der Waals surface area contributed by atoms with Gasteiger partial charge in [-0.15, -0.1) is 0 Å². The quantitative estimate of drug-likeness (QED) is 0.451. The number of aliphatic carboxylic acids is 1. The number of hydrogen-bond donors (Lipinski definition) is 3. The normalized spacial score (nSPS) is 25.0. The Bertz CT molecular complexity index is 1310. The number of nitrogens with zero attached hydrogens (tertiary/aromatic N) is 3. The fourth-order valence-corrected chi connectivity index (χ4v) is 6.02. The maximum absolute atomic E-state index is 14.0. The third-order valence-electron chi connectivity index (χ3n) is 7.75. The number of pyridine rings is 2. The van der Waals surface area contributed by atoms with Crippen LogP contribution in [0.25, 0.3) is 22.3 Å². The van der Waals surface area contributed by atoms with Gasteiger partial charge in [0.2, 0.25) is 0 Å². The highest BCUT2D eigenvalue weighted by atomic mass is 19.1. The molecule has 0 aliphatic heterocycles. The van der Waals surface area contributed by atoms with Crippen molar-refractivity contribution in [1.29, 1.82) is 5.26 Å². The number of anilines is 1. The highest BCUT2D eigenvalue weighted by Gasteiger charge is 2.47. The lowest BCUT2D eigenvalue weighted by Gasteiger charge is -2.47. The van der Waals surface area contributed by atoms with E-state index in [2.05, 4.69) is 21.4 Å². The van der Waals surface area contributed by atoms with Crippen molar-refractivity contribution in [2.24, 2.45) is 17.8 Å². The molecule has 0 radical (unpaired) electrons. The van der Waals surface area contributed by atoms with Gasteiger partial charge in [-0.1, -0.05) is 0 Å². The van der Waals surface area contributed by atoms with Crippen LogP contribution in [-0.2, 0) is 4.79 Å². The molecule has 0 spiro atoms. The van der Waals surface area contributed by atoms with Crippen LogP contribution in [0, 0.1) is 34.9 Å². The molecule has 4 aliphatic carbocycles. The molecule has 3 aromatic heterocycles. The highest BCUT2D eigenvalue weighted by molar-refractivity contribution is 5.94. The number of fused-ring (bicyclic) bond motifs is 4. The number of carboxylic acid groups (broad SMARTS) is 1. The standard InChI is InChI=1S/C25H24FN5O2.CH3F/c26-15-7-17-19(11-29-24(17)28-10-15)23-18(9-27)16(12-1-2-12)8-20(31-23)30-22-14-5-3-13(4-6-14)21(22)25(32)33;1-2/h7-8,10-14,21-22H,1-6H2,(H,28,29)(H,30,31)(H,32,33);1H3. The van der Waals surface area contributed by atoms with Gasteiger partial charge < -0.3 is 15.4 Å². The van der Waals surface area contributed by atoms with Crippen molar-refractivity contribution < 1.29 is 18.7 Å². The van der Waals surface area contributed by atoms with E-state index in [9.17, 15) is 23.9 Å². The molecule has 7 rings (SSSR count). The van der Waals surface area contributed by atoms with Gasteiger partial charge in [-0.25, -0.2) is 14.4 Å². The number of H-pyrrole nitrogens is 1. The van der Waals surface area contributed by atoms with Crippen LogP contribution in [0.15, 0.2) is 24.5 Å². The molecular weight excluding hydrogens is 452 g/mol. The van der Waals surface area contributed by atoms with E-state index in [1.165, 1.54) is 6.07 Å². The summed E-state index contributed by atoms with van der Waals surface area (Å²) in [5.41, 5.74) is 3.05. The van der Waals surface area contributed by atoms with E-state index < -0.39 is 17.7 Å². The smallest absolute Gasteiger partial charge is 0.308 e. The zero-order valence-corrected chi connectivity index (χ0v) is 19.4. The maximum Gasteiger partial charge on any atom is 0.308 e. The minimum atomic E-state index is -0.753. The number of nitriles is 1. The Hall–Kier alpha value is -3.54. The molecule has 0 saturated heterocycles. The summed E-state index contributed by atoms with van der Waals surface area (Å²) in [6.45, 7) is 0. The number of carboxylic acids is 1. The third kappa shape index (κ3) is 4.11. The summed E-state index contributed by atoms with van der Waals surface area (Å²) >= 11 is 0. The van der Waals surface area contributed by atoms with Gasteiger partial charge >= 0.3 is 5.97 Å². The molecule has 35 heavy (non-hydrogen) atoms. The molecule has 3 N–H and O–H groups in total. The number of nitrogens with one attached hydrogen (secondary N) is 2. The molecule has 4 saturated carbocycles. The van der Waals surface area contributed by atoms with Crippen molar-refractivity contribution in [3.8, 4) is 17.3 Å². The van der Waals surface area contributed by atoms with Gasteiger partial charge in [0.05, 0.1) is 30.5 Å². The summed E-state index contributed by atoms with van der Waals surface area (Å²) in [5, 5.41) is 24.0. The number of alkyl halides is 1. The van der Waals surface area contributed by atoms with Crippen LogP contribution >= 0.6 is 0 Å². The average molecular weight is 480 g/mol. The summed E-state index contributed by atoms with van der Waals surface area (Å²) < 4.78 is 23.5. The third-order valence-corrected chi connectivity index (χ3v) is 7.75. The van der Waals surface area contributed by atoms with Gasteiger partial charge in [0, 0.05) is 23.2 Å². The summed E-state index contributed by atoms with van der Waals surface area (Å²) in [4.78, 5) is 24.1. The van der Waals surface area contributed by atoms with Gasteiger partial charge in [-0.05, 0) is 74.0 Å². The Morgan fingerprint density at radius 2 is 1.89 bits per heavy atom. The van der Waals surface area contributed by atoms with Crippen molar-refractivity contribution in [3.63, 3.8) is 0 Å². The Morgan fingerprint density at radius 1 is 1.17 bits per heavy atom. The van der Waals surface area contributed by atoms with Gasteiger partial charge in [0.15, 0.2) is 0 Å². The molecular formula is C26H27F2N5O2. The van der Waals surface area contributed by atoms with Crippen molar-refractivity contribution in [2.45, 2.75) is 50.5 Å². The Morgan fingerprint density at radius 3 is 2.54 bits per heavy atom. The Labute approximate surface area is 201 Å². The zero-order valence-electron chi connectivity index (χ0n) is 19.4. The minimum absolute atomic E-state index is 0.183. The van der Waals surface area contributed by atoms with E-state index in [1.54, 1.807) is 6.20 Å². The molecule has 7 nitrogen and oxygen atoms in total. The number of aromatic amines is 1. The summed E-state index contributed by atoms with van der Waals surface area (Å²) in [5.74, 6) is -0.277. The lowest BCUT2D eigenvalue weighted by Crippen LogP contribution is -2.51. The van der Waals surface area contributed by atoms with Crippen LogP contribution in [0.3, 0.4) is 0 Å². The van der Waals surface area contributed by atoms with Crippen molar-refractivity contribution in [1.82, 2.24) is 15.0 Å². The van der Waals surface area contributed by atoms with Gasteiger partial charge in [-0.3, -0.25) is 9.18 Å². The van der Waals surface area contributed by atoms with Crippen molar-refractivity contribution in [2.75, 3.05) is 12.5 Å². The average Bonchev–Trinajstić information content (AvgIpc) is 3.65. The predicted molar refractivity (Wildman–Crippen MR) is 127 cm³/mol. The zero-order chi connectivity index (χ0) is 24.7. The van der Waals surface area contributed by atoms with Crippen LogP contribution < -0.4 is 5.32 Å². The molecule has 9 heteroatoms.